The Morgan fingerprint density at radius 2 is 1.82 bits per heavy atom. The summed E-state index contributed by atoms with van der Waals surface area (Å²) in [7, 11) is 0. The maximum atomic E-state index is 13.7. The fraction of sp³-hybridized carbons (Fsp3) is 0.500. The molecule has 1 aromatic carbocycles. The van der Waals surface area contributed by atoms with Gasteiger partial charge in [-0.25, -0.2) is 8.78 Å². The lowest BCUT2D eigenvalue weighted by molar-refractivity contribution is -0.0495. The molecule has 0 atom stereocenters. The van der Waals surface area contributed by atoms with Crippen LogP contribution in [-0.4, -0.2) is 64.5 Å². The Labute approximate surface area is 202 Å². The van der Waals surface area contributed by atoms with Crippen molar-refractivity contribution in [3.63, 3.8) is 0 Å². The first-order valence-corrected chi connectivity index (χ1v) is 13.0. The highest BCUT2D eigenvalue weighted by molar-refractivity contribution is 7.08. The normalized spacial score (nSPS) is 19.7. The number of alkyl halides is 2. The molecule has 0 N–H and O–H groups in total. The third-order valence-corrected chi connectivity index (χ3v) is 7.72. The van der Waals surface area contributed by atoms with E-state index in [4.69, 9.17) is 4.74 Å². The Morgan fingerprint density at radius 3 is 2.47 bits per heavy atom. The van der Waals surface area contributed by atoms with Crippen molar-refractivity contribution >= 4 is 28.1 Å². The molecule has 2 saturated heterocycles. The first-order valence-electron chi connectivity index (χ1n) is 12.1. The van der Waals surface area contributed by atoms with E-state index < -0.39 is 5.92 Å². The van der Waals surface area contributed by atoms with Crippen LogP contribution in [0.3, 0.4) is 0 Å². The van der Waals surface area contributed by atoms with Crippen molar-refractivity contribution in [3.8, 4) is 11.4 Å². The van der Waals surface area contributed by atoms with E-state index in [0.29, 0.717) is 11.7 Å². The number of carbonyl (C=O) groups is 1. The molecule has 4 heterocycles. The van der Waals surface area contributed by atoms with Gasteiger partial charge in [0.2, 0.25) is 0 Å². The SMILES string of the molecule is CC(C)N1CCC(Oc2ccc3c(c2)cc(C(=O)N2CCC(F)(F)CC2)n3-c2ccsc2)CC1. The third kappa shape index (κ3) is 4.70. The summed E-state index contributed by atoms with van der Waals surface area (Å²) in [5.41, 5.74) is 2.31. The molecule has 2 aromatic heterocycles. The number of hydrogen-bond acceptors (Lipinski definition) is 4. The van der Waals surface area contributed by atoms with E-state index in [2.05, 4.69) is 18.7 Å². The number of thiophene rings is 1. The molecule has 0 spiro atoms. The molecule has 3 aromatic rings. The van der Waals surface area contributed by atoms with Crippen LogP contribution in [0.4, 0.5) is 8.78 Å². The van der Waals surface area contributed by atoms with E-state index in [1.54, 1.807) is 16.2 Å². The van der Waals surface area contributed by atoms with Crippen molar-refractivity contribution in [2.24, 2.45) is 0 Å². The summed E-state index contributed by atoms with van der Waals surface area (Å²) >= 11 is 1.56. The van der Waals surface area contributed by atoms with Gasteiger partial charge in [-0.05, 0) is 62.4 Å². The van der Waals surface area contributed by atoms with Gasteiger partial charge in [-0.15, -0.1) is 0 Å². The van der Waals surface area contributed by atoms with Gasteiger partial charge in [-0.1, -0.05) is 0 Å². The highest BCUT2D eigenvalue weighted by atomic mass is 32.1. The second kappa shape index (κ2) is 9.30. The fourth-order valence-corrected chi connectivity index (χ4v) is 5.61. The molecule has 5 nitrogen and oxygen atoms in total. The molecule has 5 rings (SSSR count). The first kappa shape index (κ1) is 23.3. The molecular weight excluding hydrogens is 456 g/mol. The summed E-state index contributed by atoms with van der Waals surface area (Å²) in [6.07, 6.45) is 1.60. The van der Waals surface area contributed by atoms with Gasteiger partial charge in [0.1, 0.15) is 17.5 Å². The van der Waals surface area contributed by atoms with E-state index in [9.17, 15) is 13.6 Å². The average Bonchev–Trinajstić information content (AvgIpc) is 3.46. The quantitative estimate of drug-likeness (QED) is 0.456. The number of carbonyl (C=O) groups excluding carboxylic acids is 1. The van der Waals surface area contributed by atoms with Crippen molar-refractivity contribution in [2.75, 3.05) is 26.2 Å². The van der Waals surface area contributed by atoms with Gasteiger partial charge >= 0.3 is 0 Å². The molecule has 0 saturated carbocycles. The fourth-order valence-electron chi connectivity index (χ4n) is 4.99. The molecule has 2 aliphatic heterocycles. The lowest BCUT2D eigenvalue weighted by atomic mass is 10.1. The summed E-state index contributed by atoms with van der Waals surface area (Å²) < 4.78 is 35.6. The Kier molecular flexibility index (Phi) is 6.37. The lowest BCUT2D eigenvalue weighted by Gasteiger charge is -2.34. The van der Waals surface area contributed by atoms with Crippen molar-refractivity contribution in [2.45, 2.75) is 57.6 Å². The Bertz CT molecular complexity index is 1140. The molecule has 0 bridgehead atoms. The van der Waals surface area contributed by atoms with Crippen LogP contribution in [-0.2, 0) is 0 Å². The smallest absolute Gasteiger partial charge is 0.270 e. The number of hydrogen-bond donors (Lipinski definition) is 0. The highest BCUT2D eigenvalue weighted by Gasteiger charge is 2.36. The van der Waals surface area contributed by atoms with Gasteiger partial charge < -0.3 is 19.1 Å². The van der Waals surface area contributed by atoms with E-state index in [1.807, 2.05) is 45.7 Å². The van der Waals surface area contributed by atoms with Gasteiger partial charge in [0.15, 0.2) is 0 Å². The molecule has 8 heteroatoms. The summed E-state index contributed by atoms with van der Waals surface area (Å²) in [6.45, 7) is 6.66. The van der Waals surface area contributed by atoms with Crippen molar-refractivity contribution < 1.29 is 18.3 Å². The zero-order valence-corrected chi connectivity index (χ0v) is 20.5. The van der Waals surface area contributed by atoms with E-state index in [0.717, 1.165) is 48.3 Å². The van der Waals surface area contributed by atoms with E-state index >= 15 is 0 Å². The number of fused-ring (bicyclic) bond motifs is 1. The molecule has 2 aliphatic rings. The molecule has 0 unspecified atom stereocenters. The molecule has 2 fully saturated rings. The van der Waals surface area contributed by atoms with Crippen LogP contribution in [0.15, 0.2) is 41.1 Å². The second-order valence-corrected chi connectivity index (χ2v) is 10.4. The minimum absolute atomic E-state index is 0.0699. The maximum Gasteiger partial charge on any atom is 0.270 e. The Hall–Kier alpha value is -2.45. The summed E-state index contributed by atoms with van der Waals surface area (Å²) in [5, 5.41) is 4.87. The summed E-state index contributed by atoms with van der Waals surface area (Å²) in [4.78, 5) is 17.4. The first-order chi connectivity index (χ1) is 16.3. The van der Waals surface area contributed by atoms with Crippen LogP contribution in [0.1, 0.15) is 50.0 Å². The highest BCUT2D eigenvalue weighted by Crippen LogP contribution is 2.33. The summed E-state index contributed by atoms with van der Waals surface area (Å²) in [6, 6.07) is 10.3. The van der Waals surface area contributed by atoms with Gasteiger partial charge in [-0.2, -0.15) is 11.3 Å². The molecular formula is C26H31F2N3O2S. The van der Waals surface area contributed by atoms with E-state index in [1.165, 1.54) is 0 Å². The number of piperidine rings is 2. The standard InChI is InChI=1S/C26H31F2N3O2S/c1-18(2)29-10-5-21(6-11-29)33-22-3-4-23-19(15-22)16-24(31(23)20-7-14-34-17-20)25(32)30-12-8-26(27,28)9-13-30/h3-4,7,14-18,21H,5-6,8-13H2,1-2H3. The molecule has 0 aliphatic carbocycles. The number of rotatable bonds is 5. The third-order valence-electron chi connectivity index (χ3n) is 7.05. The van der Waals surface area contributed by atoms with Crippen LogP contribution < -0.4 is 4.74 Å². The second-order valence-electron chi connectivity index (χ2n) is 9.66. The molecule has 1 amide bonds. The average molecular weight is 488 g/mol. The van der Waals surface area contributed by atoms with Gasteiger partial charge in [-0.3, -0.25) is 4.79 Å². The Morgan fingerprint density at radius 1 is 1.09 bits per heavy atom. The number of ether oxygens (including phenoxy) is 1. The van der Waals surface area contributed by atoms with Crippen LogP contribution in [0, 0.1) is 0 Å². The van der Waals surface area contributed by atoms with Crippen LogP contribution >= 0.6 is 11.3 Å². The topological polar surface area (TPSA) is 37.7 Å². The van der Waals surface area contributed by atoms with Gasteiger partial charge in [0, 0.05) is 55.8 Å². The van der Waals surface area contributed by atoms with Crippen LogP contribution in [0.5, 0.6) is 5.75 Å². The maximum absolute atomic E-state index is 13.7. The Balaban J connectivity index is 1.41. The lowest BCUT2D eigenvalue weighted by Crippen LogP contribution is -2.43. The van der Waals surface area contributed by atoms with Crippen molar-refractivity contribution in [1.82, 2.24) is 14.4 Å². The van der Waals surface area contributed by atoms with Crippen LogP contribution in [0.2, 0.25) is 0 Å². The number of likely N-dealkylation sites (tertiary alicyclic amines) is 2. The molecule has 34 heavy (non-hydrogen) atoms. The number of halogens is 2. The molecule has 182 valence electrons. The minimum atomic E-state index is -2.69. The van der Waals surface area contributed by atoms with Gasteiger partial charge in [0.05, 0.1) is 11.2 Å². The number of aromatic nitrogens is 1. The largest absolute Gasteiger partial charge is 0.490 e. The zero-order valence-electron chi connectivity index (χ0n) is 19.7. The van der Waals surface area contributed by atoms with Crippen molar-refractivity contribution in [1.29, 1.82) is 0 Å². The molecule has 0 radical (unpaired) electrons. The monoisotopic (exact) mass is 487 g/mol. The van der Waals surface area contributed by atoms with E-state index in [-0.39, 0.29) is 37.9 Å². The minimum Gasteiger partial charge on any atom is -0.490 e. The number of amides is 1. The summed E-state index contributed by atoms with van der Waals surface area (Å²) in [5.74, 6) is -2.09. The van der Waals surface area contributed by atoms with Gasteiger partial charge in [0.25, 0.3) is 11.8 Å². The predicted octanol–water partition coefficient (Wildman–Crippen LogP) is 5.81. The number of benzene rings is 1. The predicted molar refractivity (Wildman–Crippen MR) is 132 cm³/mol. The van der Waals surface area contributed by atoms with Crippen LogP contribution in [0.25, 0.3) is 16.6 Å². The number of nitrogens with zero attached hydrogens (tertiary/aromatic N) is 3. The zero-order chi connectivity index (χ0) is 23.9. The van der Waals surface area contributed by atoms with Crippen molar-refractivity contribution in [3.05, 3.63) is 46.8 Å².